The Labute approximate surface area is 195 Å². The van der Waals surface area contributed by atoms with Gasteiger partial charge in [0.1, 0.15) is 5.82 Å². The second-order valence-corrected chi connectivity index (χ2v) is 8.61. The highest BCUT2D eigenvalue weighted by Gasteiger charge is 2.17. The van der Waals surface area contributed by atoms with E-state index >= 15 is 0 Å². The van der Waals surface area contributed by atoms with Crippen molar-refractivity contribution in [3.8, 4) is 11.4 Å². The van der Waals surface area contributed by atoms with Crippen LogP contribution in [0.4, 0.5) is 5.82 Å². The molecule has 0 aliphatic rings. The van der Waals surface area contributed by atoms with Gasteiger partial charge in [0.05, 0.1) is 5.52 Å². The van der Waals surface area contributed by atoms with Gasteiger partial charge in [0.2, 0.25) is 5.91 Å². The van der Waals surface area contributed by atoms with Gasteiger partial charge in [0.15, 0.2) is 5.82 Å². The minimum absolute atomic E-state index is 0.0587. The molecule has 0 aliphatic heterocycles. The van der Waals surface area contributed by atoms with Gasteiger partial charge in [-0.1, -0.05) is 86.6 Å². The van der Waals surface area contributed by atoms with Crippen LogP contribution >= 0.6 is 0 Å². The zero-order valence-electron chi connectivity index (χ0n) is 19.2. The molecule has 168 valence electrons. The highest BCUT2D eigenvalue weighted by atomic mass is 16.1. The van der Waals surface area contributed by atoms with E-state index in [9.17, 15) is 4.79 Å². The van der Waals surface area contributed by atoms with Gasteiger partial charge < -0.3 is 10.2 Å². The van der Waals surface area contributed by atoms with E-state index < -0.39 is 0 Å². The fourth-order valence-corrected chi connectivity index (χ4v) is 3.72. The molecule has 0 spiro atoms. The Hall–Kier alpha value is -3.73. The first-order chi connectivity index (χ1) is 16.1. The zero-order chi connectivity index (χ0) is 23.0. The number of anilines is 1. The van der Waals surface area contributed by atoms with E-state index in [-0.39, 0.29) is 5.91 Å². The molecule has 1 aromatic heterocycles. The second-order valence-electron chi connectivity index (χ2n) is 8.61. The van der Waals surface area contributed by atoms with E-state index in [2.05, 4.69) is 42.3 Å². The molecule has 0 aliphatic carbocycles. The van der Waals surface area contributed by atoms with Crippen molar-refractivity contribution in [3.05, 3.63) is 90.5 Å². The number of carbonyl (C=O) groups is 1. The zero-order valence-corrected chi connectivity index (χ0v) is 19.2. The van der Waals surface area contributed by atoms with Crippen molar-refractivity contribution in [2.24, 2.45) is 5.92 Å². The predicted octanol–water partition coefficient (Wildman–Crippen LogP) is 5.47. The topological polar surface area (TPSA) is 58.1 Å². The molecule has 0 fully saturated rings. The summed E-state index contributed by atoms with van der Waals surface area (Å²) in [5.74, 6) is 2.02. The quantitative estimate of drug-likeness (QED) is 0.377. The summed E-state index contributed by atoms with van der Waals surface area (Å²) in [4.78, 5) is 24.5. The molecule has 3 aromatic carbocycles. The third kappa shape index (κ3) is 5.95. The number of hydrogen-bond donors (Lipinski definition) is 1. The van der Waals surface area contributed by atoms with Gasteiger partial charge >= 0.3 is 0 Å². The molecule has 0 unspecified atom stereocenters. The Morgan fingerprint density at radius 1 is 0.879 bits per heavy atom. The lowest BCUT2D eigenvalue weighted by atomic mass is 10.1. The van der Waals surface area contributed by atoms with Crippen LogP contribution < -0.4 is 10.2 Å². The van der Waals surface area contributed by atoms with Gasteiger partial charge in [-0.3, -0.25) is 4.79 Å². The van der Waals surface area contributed by atoms with Gasteiger partial charge in [-0.15, -0.1) is 0 Å². The van der Waals surface area contributed by atoms with E-state index in [0.29, 0.717) is 37.8 Å². The Bertz CT molecular complexity index is 1190. The summed E-state index contributed by atoms with van der Waals surface area (Å²) in [6.45, 7) is 6.11. The van der Waals surface area contributed by atoms with E-state index in [1.165, 1.54) is 5.56 Å². The van der Waals surface area contributed by atoms with Crippen LogP contribution in [0.1, 0.15) is 25.8 Å². The van der Waals surface area contributed by atoms with Crippen LogP contribution in [-0.2, 0) is 11.3 Å². The fourth-order valence-electron chi connectivity index (χ4n) is 3.72. The average molecular weight is 439 g/mol. The van der Waals surface area contributed by atoms with Crippen molar-refractivity contribution in [1.82, 2.24) is 15.3 Å². The maximum atomic E-state index is 12.5. The SMILES string of the molecule is CC(C)CNC(=O)CCN(Cc1ccccc1)c1nc(-c2ccccc2)nc2ccccc12. The number of aromatic nitrogens is 2. The third-order valence-corrected chi connectivity index (χ3v) is 5.45. The summed E-state index contributed by atoms with van der Waals surface area (Å²) in [6, 6.07) is 28.4. The van der Waals surface area contributed by atoms with Gasteiger partial charge in [-0.05, 0) is 23.6 Å². The molecule has 1 N–H and O–H groups in total. The molecule has 33 heavy (non-hydrogen) atoms. The summed E-state index contributed by atoms with van der Waals surface area (Å²) in [7, 11) is 0. The Balaban J connectivity index is 1.71. The van der Waals surface area contributed by atoms with Gasteiger partial charge in [0.25, 0.3) is 0 Å². The summed E-state index contributed by atoms with van der Waals surface area (Å²) in [5.41, 5.74) is 3.03. The second kappa shape index (κ2) is 10.7. The molecule has 0 saturated carbocycles. The van der Waals surface area contributed by atoms with E-state index in [1.54, 1.807) is 0 Å². The van der Waals surface area contributed by atoms with Gasteiger partial charge in [-0.2, -0.15) is 0 Å². The number of fused-ring (bicyclic) bond motifs is 1. The maximum Gasteiger partial charge on any atom is 0.221 e. The Morgan fingerprint density at radius 2 is 1.55 bits per heavy atom. The number of benzene rings is 3. The summed E-state index contributed by atoms with van der Waals surface area (Å²) < 4.78 is 0. The fraction of sp³-hybridized carbons (Fsp3) is 0.250. The largest absolute Gasteiger partial charge is 0.356 e. The molecular formula is C28H30N4O. The molecular weight excluding hydrogens is 408 g/mol. The molecule has 1 heterocycles. The van der Waals surface area contributed by atoms with Crippen LogP contribution in [-0.4, -0.2) is 29.0 Å². The number of nitrogens with zero attached hydrogens (tertiary/aromatic N) is 3. The lowest BCUT2D eigenvalue weighted by Gasteiger charge is -2.25. The number of amides is 1. The Kier molecular flexibility index (Phi) is 7.30. The normalized spacial score (nSPS) is 11.0. The number of rotatable bonds is 9. The molecule has 4 rings (SSSR count). The maximum absolute atomic E-state index is 12.5. The summed E-state index contributed by atoms with van der Waals surface area (Å²) in [6.07, 6.45) is 0.401. The highest BCUT2D eigenvalue weighted by Crippen LogP contribution is 2.28. The molecule has 0 atom stereocenters. The van der Waals surface area contributed by atoms with E-state index in [0.717, 1.165) is 22.3 Å². The molecule has 4 aromatic rings. The number of hydrogen-bond acceptors (Lipinski definition) is 4. The number of para-hydroxylation sites is 1. The standard InChI is InChI=1S/C28H30N4O/c1-21(2)19-29-26(33)17-18-32(20-22-11-5-3-6-12-22)28-24-15-9-10-16-25(24)30-27(31-28)23-13-7-4-8-14-23/h3-16,21H,17-20H2,1-2H3,(H,29,33). The Morgan fingerprint density at radius 3 is 2.27 bits per heavy atom. The third-order valence-electron chi connectivity index (χ3n) is 5.45. The van der Waals surface area contributed by atoms with Crippen LogP contribution in [0, 0.1) is 5.92 Å². The molecule has 0 radical (unpaired) electrons. The summed E-state index contributed by atoms with van der Waals surface area (Å²) in [5, 5.41) is 4.01. The van der Waals surface area contributed by atoms with Crippen molar-refractivity contribution in [3.63, 3.8) is 0 Å². The number of carbonyl (C=O) groups excluding carboxylic acids is 1. The van der Waals surface area contributed by atoms with Crippen LogP contribution in [0.15, 0.2) is 84.9 Å². The van der Waals surface area contributed by atoms with Crippen molar-refractivity contribution in [1.29, 1.82) is 0 Å². The van der Waals surface area contributed by atoms with Gasteiger partial charge in [-0.25, -0.2) is 9.97 Å². The van der Waals surface area contributed by atoms with Crippen LogP contribution in [0.3, 0.4) is 0 Å². The van der Waals surface area contributed by atoms with Crippen LogP contribution in [0.25, 0.3) is 22.3 Å². The summed E-state index contributed by atoms with van der Waals surface area (Å²) >= 11 is 0. The van der Waals surface area contributed by atoms with Crippen LogP contribution in [0.2, 0.25) is 0 Å². The molecule has 0 bridgehead atoms. The van der Waals surface area contributed by atoms with Crippen molar-refractivity contribution >= 4 is 22.6 Å². The molecule has 0 saturated heterocycles. The first-order valence-corrected chi connectivity index (χ1v) is 11.5. The molecule has 1 amide bonds. The van der Waals surface area contributed by atoms with E-state index in [1.807, 2.05) is 66.7 Å². The molecule has 5 heteroatoms. The molecule has 5 nitrogen and oxygen atoms in total. The minimum Gasteiger partial charge on any atom is -0.356 e. The van der Waals surface area contributed by atoms with Gasteiger partial charge in [0, 0.05) is 37.0 Å². The smallest absolute Gasteiger partial charge is 0.221 e. The van der Waals surface area contributed by atoms with Crippen molar-refractivity contribution < 1.29 is 4.79 Å². The van der Waals surface area contributed by atoms with Crippen LogP contribution in [0.5, 0.6) is 0 Å². The first kappa shape index (κ1) is 22.5. The number of nitrogens with one attached hydrogen (secondary N) is 1. The van der Waals surface area contributed by atoms with Crippen molar-refractivity contribution in [2.75, 3.05) is 18.0 Å². The van der Waals surface area contributed by atoms with E-state index in [4.69, 9.17) is 9.97 Å². The highest BCUT2D eigenvalue weighted by molar-refractivity contribution is 5.91. The minimum atomic E-state index is 0.0587. The first-order valence-electron chi connectivity index (χ1n) is 11.5. The lowest BCUT2D eigenvalue weighted by molar-refractivity contribution is -0.121. The average Bonchev–Trinajstić information content (AvgIpc) is 2.85. The monoisotopic (exact) mass is 438 g/mol. The van der Waals surface area contributed by atoms with Crippen molar-refractivity contribution in [2.45, 2.75) is 26.8 Å². The predicted molar refractivity (Wildman–Crippen MR) is 135 cm³/mol. The lowest BCUT2D eigenvalue weighted by Crippen LogP contribution is -2.33.